The molecule has 0 atom stereocenters. The van der Waals surface area contributed by atoms with Gasteiger partial charge in [0.05, 0.1) is 11.0 Å². The Hall–Kier alpha value is -1.44. The number of piperidine rings is 2. The lowest BCUT2D eigenvalue weighted by atomic mass is 10.1. The highest BCUT2D eigenvalue weighted by Gasteiger charge is 2.27. The first-order valence-corrected chi connectivity index (χ1v) is 10.4. The van der Waals surface area contributed by atoms with Crippen molar-refractivity contribution >= 4 is 15.9 Å². The average Bonchev–Trinajstić information content (AvgIpc) is 2.68. The van der Waals surface area contributed by atoms with E-state index in [-0.39, 0.29) is 16.9 Å². The van der Waals surface area contributed by atoms with Crippen molar-refractivity contribution in [2.24, 2.45) is 0 Å². The highest BCUT2D eigenvalue weighted by atomic mass is 32.2. The largest absolute Gasteiger partial charge is 0.381 e. The van der Waals surface area contributed by atoms with Crippen LogP contribution in [0.3, 0.4) is 0 Å². The van der Waals surface area contributed by atoms with Crippen LogP contribution in [0.5, 0.6) is 0 Å². The van der Waals surface area contributed by atoms with Crippen LogP contribution in [0.15, 0.2) is 29.2 Å². The number of hydrogen-bond donors (Lipinski definition) is 0. The van der Waals surface area contributed by atoms with Gasteiger partial charge in [-0.25, -0.2) is 8.42 Å². The first-order chi connectivity index (χ1) is 12.0. The number of hydrogen-bond acceptors (Lipinski definition) is 4. The van der Waals surface area contributed by atoms with Crippen LogP contribution in [-0.4, -0.2) is 62.9 Å². The quantitative estimate of drug-likeness (QED) is 0.819. The van der Waals surface area contributed by atoms with Gasteiger partial charge in [0.25, 0.3) is 5.91 Å². The van der Waals surface area contributed by atoms with Crippen LogP contribution in [0.1, 0.15) is 42.5 Å². The van der Waals surface area contributed by atoms with Gasteiger partial charge in [0.1, 0.15) is 0 Å². The minimum Gasteiger partial charge on any atom is -0.381 e. The van der Waals surface area contributed by atoms with Crippen molar-refractivity contribution in [3.63, 3.8) is 0 Å². The molecule has 1 aromatic carbocycles. The van der Waals surface area contributed by atoms with Crippen LogP contribution in [-0.2, 0) is 14.8 Å². The molecule has 2 fully saturated rings. The molecule has 0 spiro atoms. The molecule has 2 aliphatic rings. The molecule has 0 aliphatic carbocycles. The van der Waals surface area contributed by atoms with Gasteiger partial charge in [0, 0.05) is 38.9 Å². The zero-order chi connectivity index (χ0) is 17.9. The van der Waals surface area contributed by atoms with Crippen molar-refractivity contribution in [1.29, 1.82) is 0 Å². The number of methoxy groups -OCH3 is 1. The van der Waals surface area contributed by atoms with Crippen molar-refractivity contribution in [2.45, 2.75) is 43.1 Å². The predicted molar refractivity (Wildman–Crippen MR) is 95.0 cm³/mol. The number of nitrogens with zero attached hydrogens (tertiary/aromatic N) is 2. The van der Waals surface area contributed by atoms with Gasteiger partial charge < -0.3 is 9.64 Å². The minimum absolute atomic E-state index is 0.0449. The normalized spacial score (nSPS) is 20.6. The summed E-state index contributed by atoms with van der Waals surface area (Å²) in [5.41, 5.74) is 0.536. The number of carbonyl (C=O) groups is 1. The van der Waals surface area contributed by atoms with Crippen LogP contribution >= 0.6 is 0 Å². The second-order valence-electron chi connectivity index (χ2n) is 6.72. The van der Waals surface area contributed by atoms with E-state index in [9.17, 15) is 13.2 Å². The topological polar surface area (TPSA) is 66.9 Å². The van der Waals surface area contributed by atoms with Gasteiger partial charge in [-0.2, -0.15) is 4.31 Å². The van der Waals surface area contributed by atoms with E-state index in [1.807, 2.05) is 4.90 Å². The van der Waals surface area contributed by atoms with Crippen LogP contribution in [0.25, 0.3) is 0 Å². The van der Waals surface area contributed by atoms with E-state index in [0.717, 1.165) is 32.1 Å². The Labute approximate surface area is 149 Å². The highest BCUT2D eigenvalue weighted by molar-refractivity contribution is 7.89. The summed E-state index contributed by atoms with van der Waals surface area (Å²) in [6.07, 6.45) is 4.80. The molecular formula is C18H26N2O4S. The molecule has 0 bridgehead atoms. The van der Waals surface area contributed by atoms with Crippen LogP contribution < -0.4 is 0 Å². The van der Waals surface area contributed by atoms with Crippen LogP contribution in [0.2, 0.25) is 0 Å². The molecule has 0 saturated carbocycles. The maximum Gasteiger partial charge on any atom is 0.253 e. The lowest BCUT2D eigenvalue weighted by molar-refractivity contribution is 0.0350. The first-order valence-electron chi connectivity index (χ1n) is 8.94. The number of sulfonamides is 1. The maximum absolute atomic E-state index is 12.7. The van der Waals surface area contributed by atoms with Crippen LogP contribution in [0.4, 0.5) is 0 Å². The fraction of sp³-hybridized carbons (Fsp3) is 0.611. The summed E-state index contributed by atoms with van der Waals surface area (Å²) in [7, 11) is -1.75. The van der Waals surface area contributed by atoms with E-state index in [0.29, 0.717) is 31.7 Å². The average molecular weight is 366 g/mol. The van der Waals surface area contributed by atoms with Gasteiger partial charge in [-0.05, 0) is 49.9 Å². The molecule has 2 saturated heterocycles. The number of rotatable bonds is 4. The second-order valence-corrected chi connectivity index (χ2v) is 8.65. The third kappa shape index (κ3) is 4.04. The minimum atomic E-state index is -3.45. The molecule has 1 amide bonds. The monoisotopic (exact) mass is 366 g/mol. The number of benzene rings is 1. The smallest absolute Gasteiger partial charge is 0.253 e. The molecular weight excluding hydrogens is 340 g/mol. The van der Waals surface area contributed by atoms with E-state index >= 15 is 0 Å². The van der Waals surface area contributed by atoms with E-state index in [2.05, 4.69) is 0 Å². The highest BCUT2D eigenvalue weighted by Crippen LogP contribution is 2.22. The zero-order valence-corrected chi connectivity index (χ0v) is 15.5. The number of likely N-dealkylation sites (tertiary alicyclic amines) is 1. The summed E-state index contributed by atoms with van der Waals surface area (Å²) in [4.78, 5) is 14.7. The number of amides is 1. The molecule has 6 nitrogen and oxygen atoms in total. The summed E-state index contributed by atoms with van der Waals surface area (Å²) < 4.78 is 32.2. The van der Waals surface area contributed by atoms with Crippen LogP contribution in [0, 0.1) is 0 Å². The summed E-state index contributed by atoms with van der Waals surface area (Å²) in [6.45, 7) is 2.51. The first kappa shape index (κ1) is 18.4. The molecule has 7 heteroatoms. The molecule has 0 radical (unpaired) electrons. The van der Waals surface area contributed by atoms with Gasteiger partial charge in [0.2, 0.25) is 10.0 Å². The van der Waals surface area contributed by atoms with Gasteiger partial charge in [-0.3, -0.25) is 4.79 Å². The van der Waals surface area contributed by atoms with Crippen molar-refractivity contribution in [1.82, 2.24) is 9.21 Å². The third-order valence-electron chi connectivity index (χ3n) is 5.12. The number of carbonyl (C=O) groups excluding carboxylic acids is 1. The van der Waals surface area contributed by atoms with Gasteiger partial charge in [-0.15, -0.1) is 0 Å². The Bertz CT molecular complexity index is 688. The summed E-state index contributed by atoms with van der Waals surface area (Å²) in [6, 6.07) is 6.36. The lowest BCUT2D eigenvalue weighted by Crippen LogP contribution is -2.40. The molecule has 0 aromatic heterocycles. The Morgan fingerprint density at radius 3 is 2.16 bits per heavy atom. The molecule has 0 N–H and O–H groups in total. The summed E-state index contributed by atoms with van der Waals surface area (Å²) in [5.74, 6) is -0.0449. The maximum atomic E-state index is 12.7. The van der Waals surface area contributed by atoms with E-state index in [1.54, 1.807) is 35.7 Å². The SMILES string of the molecule is COC1CCN(C(=O)c2ccc(S(=O)(=O)N3CCCCC3)cc2)CC1. The summed E-state index contributed by atoms with van der Waals surface area (Å²) in [5, 5.41) is 0. The Morgan fingerprint density at radius 1 is 1.00 bits per heavy atom. The third-order valence-corrected chi connectivity index (χ3v) is 7.03. The Kier molecular flexibility index (Phi) is 5.76. The van der Waals surface area contributed by atoms with E-state index in [4.69, 9.17) is 4.74 Å². The molecule has 0 unspecified atom stereocenters. The van der Waals surface area contributed by atoms with Gasteiger partial charge >= 0.3 is 0 Å². The van der Waals surface area contributed by atoms with E-state index < -0.39 is 10.0 Å². The number of ether oxygens (including phenoxy) is 1. The van der Waals surface area contributed by atoms with Gasteiger partial charge in [-0.1, -0.05) is 6.42 Å². The molecule has 2 aliphatic heterocycles. The Morgan fingerprint density at radius 2 is 1.60 bits per heavy atom. The zero-order valence-electron chi connectivity index (χ0n) is 14.7. The van der Waals surface area contributed by atoms with Crippen molar-refractivity contribution in [3.8, 4) is 0 Å². The fourth-order valence-corrected chi connectivity index (χ4v) is 5.02. The summed E-state index contributed by atoms with van der Waals surface area (Å²) >= 11 is 0. The van der Waals surface area contributed by atoms with Gasteiger partial charge in [0.15, 0.2) is 0 Å². The molecule has 2 heterocycles. The molecule has 1 aromatic rings. The fourth-order valence-electron chi connectivity index (χ4n) is 3.50. The Balaban J connectivity index is 1.68. The predicted octanol–water partition coefficient (Wildman–Crippen LogP) is 2.11. The molecule has 138 valence electrons. The van der Waals surface area contributed by atoms with E-state index in [1.165, 1.54) is 0 Å². The standard InChI is InChI=1S/C18H26N2O4S/c1-24-16-9-13-19(14-10-16)18(21)15-5-7-17(8-6-15)25(22,23)20-11-3-2-4-12-20/h5-8,16H,2-4,9-14H2,1H3. The lowest BCUT2D eigenvalue weighted by Gasteiger charge is -2.31. The van der Waals surface area contributed by atoms with Crippen molar-refractivity contribution in [3.05, 3.63) is 29.8 Å². The second kappa shape index (κ2) is 7.85. The van der Waals surface area contributed by atoms with Crippen molar-refractivity contribution < 1.29 is 17.9 Å². The molecule has 25 heavy (non-hydrogen) atoms. The molecule has 3 rings (SSSR count). The van der Waals surface area contributed by atoms with Crippen molar-refractivity contribution in [2.75, 3.05) is 33.3 Å².